The average Bonchev–Trinajstić information content (AvgIpc) is 3.20. The lowest BCUT2D eigenvalue weighted by Crippen LogP contribution is -2.27. The number of hydrogen-bond acceptors (Lipinski definition) is 5. The van der Waals surface area contributed by atoms with E-state index >= 15 is 0 Å². The molecule has 5 nitrogen and oxygen atoms in total. The van der Waals surface area contributed by atoms with E-state index in [4.69, 9.17) is 17.0 Å². The number of para-hydroxylation sites is 1. The molecule has 0 aromatic heterocycles. The molecular formula is C31H26N2O3S2. The van der Waals surface area contributed by atoms with Crippen molar-refractivity contribution in [1.29, 1.82) is 0 Å². The van der Waals surface area contributed by atoms with Crippen LogP contribution < -0.4 is 15.0 Å². The summed E-state index contributed by atoms with van der Waals surface area (Å²) in [4.78, 5) is 27.9. The van der Waals surface area contributed by atoms with Crippen LogP contribution in [-0.4, -0.2) is 22.7 Å². The predicted octanol–water partition coefficient (Wildman–Crippen LogP) is 7.39. The number of ether oxygens (including phenoxy) is 1. The van der Waals surface area contributed by atoms with Crippen molar-refractivity contribution in [2.24, 2.45) is 0 Å². The number of carbonyl (C=O) groups excluding carboxylic acids is 2. The van der Waals surface area contributed by atoms with Gasteiger partial charge in [-0.25, -0.2) is 0 Å². The van der Waals surface area contributed by atoms with E-state index in [1.54, 1.807) is 17.0 Å². The second-order valence-electron chi connectivity index (χ2n) is 9.16. The molecule has 1 saturated heterocycles. The number of hydrogen-bond donors (Lipinski definition) is 1. The van der Waals surface area contributed by atoms with Crippen molar-refractivity contribution in [3.8, 4) is 5.75 Å². The van der Waals surface area contributed by atoms with Crippen molar-refractivity contribution >= 4 is 68.3 Å². The number of thiocarbonyl (C=S) groups is 1. The second kappa shape index (κ2) is 11.2. The van der Waals surface area contributed by atoms with Crippen LogP contribution in [0, 0.1) is 0 Å². The van der Waals surface area contributed by atoms with Crippen LogP contribution in [0.15, 0.2) is 95.9 Å². The zero-order chi connectivity index (χ0) is 26.6. The number of benzene rings is 4. The Morgan fingerprint density at radius 1 is 0.974 bits per heavy atom. The number of amides is 2. The van der Waals surface area contributed by atoms with Crippen LogP contribution in [0.5, 0.6) is 5.75 Å². The SMILES string of the molecule is CC(C)c1ccccc1NC(=O)COc1ccc(/C=C2\SC(=S)N(c3cccc4ccccc34)C2=O)cc1. The molecule has 4 aromatic rings. The van der Waals surface area contributed by atoms with Crippen LogP contribution in [0.25, 0.3) is 16.8 Å². The number of nitrogens with one attached hydrogen (secondary N) is 1. The highest BCUT2D eigenvalue weighted by atomic mass is 32.2. The molecular weight excluding hydrogens is 512 g/mol. The molecule has 0 unspecified atom stereocenters. The molecule has 4 aromatic carbocycles. The van der Waals surface area contributed by atoms with Crippen molar-refractivity contribution in [2.45, 2.75) is 19.8 Å². The summed E-state index contributed by atoms with van der Waals surface area (Å²) in [6.07, 6.45) is 1.82. The fourth-order valence-electron chi connectivity index (χ4n) is 4.34. The Bertz CT molecular complexity index is 1560. The molecule has 190 valence electrons. The smallest absolute Gasteiger partial charge is 0.270 e. The maximum atomic E-state index is 13.3. The Hall–Kier alpha value is -3.94. The van der Waals surface area contributed by atoms with Crippen LogP contribution in [-0.2, 0) is 9.59 Å². The third-order valence-electron chi connectivity index (χ3n) is 6.21. The Morgan fingerprint density at radius 2 is 1.68 bits per heavy atom. The van der Waals surface area contributed by atoms with E-state index in [1.165, 1.54) is 11.8 Å². The second-order valence-corrected chi connectivity index (χ2v) is 10.8. The first kappa shape index (κ1) is 25.7. The normalized spacial score (nSPS) is 14.5. The summed E-state index contributed by atoms with van der Waals surface area (Å²) in [7, 11) is 0. The molecule has 0 atom stereocenters. The van der Waals surface area contributed by atoms with Gasteiger partial charge in [0.05, 0.1) is 10.6 Å². The molecule has 38 heavy (non-hydrogen) atoms. The van der Waals surface area contributed by atoms with Crippen molar-refractivity contribution in [3.63, 3.8) is 0 Å². The molecule has 0 saturated carbocycles. The Morgan fingerprint density at radius 3 is 2.47 bits per heavy atom. The molecule has 2 amide bonds. The average molecular weight is 539 g/mol. The molecule has 1 heterocycles. The third kappa shape index (κ3) is 5.49. The number of nitrogens with zero attached hydrogens (tertiary/aromatic N) is 1. The van der Waals surface area contributed by atoms with Crippen LogP contribution in [0.4, 0.5) is 11.4 Å². The van der Waals surface area contributed by atoms with Crippen LogP contribution in [0.2, 0.25) is 0 Å². The fourth-order valence-corrected chi connectivity index (χ4v) is 5.62. The number of carbonyl (C=O) groups is 2. The molecule has 7 heteroatoms. The standard InChI is InChI=1S/C31H26N2O3S2/c1-20(2)24-10-5-6-12-26(24)32-29(34)19-36-23-16-14-21(15-17-23)18-28-30(35)33(31(37)38-28)27-13-7-9-22-8-3-4-11-25(22)27/h3-18,20H,19H2,1-2H3,(H,32,34)/b28-18-. The number of thioether (sulfide) groups is 1. The largest absolute Gasteiger partial charge is 0.484 e. The molecule has 0 radical (unpaired) electrons. The lowest BCUT2D eigenvalue weighted by Gasteiger charge is -2.17. The van der Waals surface area contributed by atoms with Crippen molar-refractivity contribution in [2.75, 3.05) is 16.8 Å². The highest BCUT2D eigenvalue weighted by Crippen LogP contribution is 2.39. The van der Waals surface area contributed by atoms with Gasteiger partial charge in [-0.15, -0.1) is 0 Å². The number of anilines is 2. The zero-order valence-electron chi connectivity index (χ0n) is 21.0. The van der Waals surface area contributed by atoms with Gasteiger partial charge in [0.15, 0.2) is 10.9 Å². The van der Waals surface area contributed by atoms with Crippen molar-refractivity contribution in [1.82, 2.24) is 0 Å². The topological polar surface area (TPSA) is 58.6 Å². The maximum Gasteiger partial charge on any atom is 0.270 e. The van der Waals surface area contributed by atoms with Gasteiger partial charge >= 0.3 is 0 Å². The quantitative estimate of drug-likeness (QED) is 0.196. The zero-order valence-corrected chi connectivity index (χ0v) is 22.6. The van der Waals surface area contributed by atoms with Gasteiger partial charge in [0.2, 0.25) is 0 Å². The predicted molar refractivity (Wildman–Crippen MR) is 161 cm³/mol. The summed E-state index contributed by atoms with van der Waals surface area (Å²) in [5.41, 5.74) is 3.50. The van der Waals surface area contributed by atoms with Gasteiger partial charge in [-0.05, 0) is 52.8 Å². The highest BCUT2D eigenvalue weighted by molar-refractivity contribution is 8.27. The fraction of sp³-hybridized carbons (Fsp3) is 0.129. The first-order chi connectivity index (χ1) is 18.4. The molecule has 1 N–H and O–H groups in total. The highest BCUT2D eigenvalue weighted by Gasteiger charge is 2.34. The van der Waals surface area contributed by atoms with E-state index in [0.717, 1.165) is 33.3 Å². The van der Waals surface area contributed by atoms with Crippen molar-refractivity contribution in [3.05, 3.63) is 107 Å². The number of rotatable bonds is 7. The summed E-state index contributed by atoms with van der Waals surface area (Å²) in [6.45, 7) is 4.07. The monoisotopic (exact) mass is 538 g/mol. The lowest BCUT2D eigenvalue weighted by molar-refractivity contribution is -0.118. The third-order valence-corrected chi connectivity index (χ3v) is 7.51. The van der Waals surface area contributed by atoms with Gasteiger partial charge in [0.1, 0.15) is 5.75 Å². The maximum absolute atomic E-state index is 13.3. The Kier molecular flexibility index (Phi) is 7.58. The van der Waals surface area contributed by atoms with Crippen LogP contribution >= 0.6 is 24.0 Å². The first-order valence-corrected chi connectivity index (χ1v) is 13.5. The van der Waals surface area contributed by atoms with Gasteiger partial charge in [0, 0.05) is 11.1 Å². The molecule has 5 rings (SSSR count). The molecule has 0 aliphatic carbocycles. The number of fused-ring (bicyclic) bond motifs is 1. The summed E-state index contributed by atoms with van der Waals surface area (Å²) in [5.74, 6) is 0.500. The molecule has 1 aliphatic rings. The van der Waals surface area contributed by atoms with Gasteiger partial charge in [-0.1, -0.05) is 105 Å². The summed E-state index contributed by atoms with van der Waals surface area (Å²) in [6, 6.07) is 28.9. The lowest BCUT2D eigenvalue weighted by atomic mass is 10.0. The first-order valence-electron chi connectivity index (χ1n) is 12.3. The summed E-state index contributed by atoms with van der Waals surface area (Å²) < 4.78 is 6.19. The van der Waals surface area contributed by atoms with Crippen LogP contribution in [0.3, 0.4) is 0 Å². The summed E-state index contributed by atoms with van der Waals surface area (Å²) in [5, 5.41) is 4.96. The minimum absolute atomic E-state index is 0.102. The minimum atomic E-state index is -0.223. The van der Waals surface area contributed by atoms with Gasteiger partial charge < -0.3 is 10.1 Å². The Balaban J connectivity index is 1.24. The van der Waals surface area contributed by atoms with Gasteiger partial charge in [-0.3, -0.25) is 14.5 Å². The van der Waals surface area contributed by atoms with E-state index in [2.05, 4.69) is 19.2 Å². The van der Waals surface area contributed by atoms with E-state index < -0.39 is 0 Å². The molecule has 1 aliphatic heterocycles. The van der Waals surface area contributed by atoms with E-state index in [1.807, 2.05) is 84.9 Å². The van der Waals surface area contributed by atoms with E-state index in [0.29, 0.717) is 20.9 Å². The van der Waals surface area contributed by atoms with E-state index in [-0.39, 0.29) is 18.4 Å². The van der Waals surface area contributed by atoms with E-state index in [9.17, 15) is 9.59 Å². The molecule has 0 spiro atoms. The minimum Gasteiger partial charge on any atom is -0.484 e. The molecule has 0 bridgehead atoms. The Labute approximate surface area is 231 Å². The van der Waals surface area contributed by atoms with Crippen LogP contribution in [0.1, 0.15) is 30.9 Å². The van der Waals surface area contributed by atoms with Crippen molar-refractivity contribution < 1.29 is 14.3 Å². The molecule has 1 fully saturated rings. The summed E-state index contributed by atoms with van der Waals surface area (Å²) >= 11 is 6.86. The van der Waals surface area contributed by atoms with Gasteiger partial charge in [-0.2, -0.15) is 0 Å². The van der Waals surface area contributed by atoms with Gasteiger partial charge in [0.25, 0.3) is 11.8 Å².